The molecule has 23 heavy (non-hydrogen) atoms. The van der Waals surface area contributed by atoms with Crippen LogP contribution in [-0.4, -0.2) is 20.9 Å². The summed E-state index contributed by atoms with van der Waals surface area (Å²) in [5, 5.41) is 7.54. The van der Waals surface area contributed by atoms with Gasteiger partial charge in [-0.15, -0.1) is 5.10 Å². The summed E-state index contributed by atoms with van der Waals surface area (Å²) in [7, 11) is 0. The van der Waals surface area contributed by atoms with E-state index in [4.69, 9.17) is 0 Å². The van der Waals surface area contributed by atoms with Crippen LogP contribution in [0, 0.1) is 0 Å². The highest BCUT2D eigenvalue weighted by Gasteiger charge is 2.07. The number of fused-ring (bicyclic) bond motifs is 2. The fraction of sp³-hybridized carbons (Fsp3) is 0.316. The van der Waals surface area contributed by atoms with Crippen LogP contribution in [0.25, 0.3) is 11.0 Å². The topological polar surface area (TPSA) is 47.8 Å². The number of rotatable bonds is 0. The van der Waals surface area contributed by atoms with E-state index < -0.39 is 0 Å². The average Bonchev–Trinajstić information content (AvgIpc) is 3.24. The summed E-state index contributed by atoms with van der Waals surface area (Å²) in [6, 6.07) is 16.1. The lowest BCUT2D eigenvalue weighted by atomic mass is 10.1. The Morgan fingerprint density at radius 2 is 1.52 bits per heavy atom. The Labute approximate surface area is 137 Å². The third kappa shape index (κ3) is 4.03. The summed E-state index contributed by atoms with van der Waals surface area (Å²) in [5.74, 6) is -0.122. The molecule has 0 amide bonds. The standard InChI is InChI=1S/C9H10.C8H7N3O.C2H6/c1-2-5-9-7-3-6-8(9)4-1;1-6(12)11-8-5-3-2-4-7(8)9-10-11;1-2/h1-2,4-5H,3,6-7H2;2-5H,1H3;1-2H3. The predicted octanol–water partition coefficient (Wildman–Crippen LogP) is 4.29. The number of carbonyl (C=O) groups is 1. The van der Waals surface area contributed by atoms with E-state index >= 15 is 0 Å². The van der Waals surface area contributed by atoms with Gasteiger partial charge in [-0.05, 0) is 42.5 Å². The Bertz CT molecular complexity index is 754. The molecule has 120 valence electrons. The van der Waals surface area contributed by atoms with Crippen LogP contribution in [0.3, 0.4) is 0 Å². The van der Waals surface area contributed by atoms with Crippen LogP contribution in [0.4, 0.5) is 0 Å². The lowest BCUT2D eigenvalue weighted by Crippen LogP contribution is -2.06. The van der Waals surface area contributed by atoms with Crippen molar-refractivity contribution in [2.24, 2.45) is 0 Å². The molecule has 1 aromatic heterocycles. The van der Waals surface area contributed by atoms with E-state index in [1.807, 2.05) is 38.1 Å². The van der Waals surface area contributed by atoms with E-state index in [1.165, 1.54) is 30.9 Å². The van der Waals surface area contributed by atoms with Crippen molar-refractivity contribution in [2.45, 2.75) is 40.0 Å². The first-order valence-corrected chi connectivity index (χ1v) is 8.14. The number of carbonyl (C=O) groups excluding carboxylic acids is 1. The van der Waals surface area contributed by atoms with Gasteiger partial charge in [0.1, 0.15) is 5.52 Å². The fourth-order valence-corrected chi connectivity index (χ4v) is 2.62. The number of benzene rings is 2. The Hall–Kier alpha value is -2.49. The highest BCUT2D eigenvalue weighted by Crippen LogP contribution is 2.20. The maximum atomic E-state index is 11.0. The van der Waals surface area contributed by atoms with Gasteiger partial charge in [0.15, 0.2) is 0 Å². The van der Waals surface area contributed by atoms with Crippen LogP contribution in [0.15, 0.2) is 48.5 Å². The largest absolute Gasteiger partial charge is 0.273 e. The predicted molar refractivity (Wildman–Crippen MR) is 93.6 cm³/mol. The molecule has 0 spiro atoms. The molecule has 0 saturated carbocycles. The van der Waals surface area contributed by atoms with E-state index in [1.54, 1.807) is 11.1 Å². The third-order valence-corrected chi connectivity index (χ3v) is 3.66. The second kappa shape index (κ2) is 8.22. The zero-order chi connectivity index (χ0) is 16.7. The Kier molecular flexibility index (Phi) is 6.03. The molecule has 4 rings (SSSR count). The molecule has 1 aliphatic rings. The Balaban J connectivity index is 0.000000155. The maximum Gasteiger partial charge on any atom is 0.245 e. The minimum absolute atomic E-state index is 0.122. The van der Waals surface area contributed by atoms with Gasteiger partial charge in [0, 0.05) is 6.92 Å². The number of hydrogen-bond acceptors (Lipinski definition) is 3. The van der Waals surface area contributed by atoms with Gasteiger partial charge in [0.25, 0.3) is 0 Å². The van der Waals surface area contributed by atoms with Crippen molar-refractivity contribution in [1.29, 1.82) is 0 Å². The van der Waals surface area contributed by atoms with Gasteiger partial charge < -0.3 is 0 Å². The summed E-state index contributed by atoms with van der Waals surface area (Å²) >= 11 is 0. The molecule has 0 N–H and O–H groups in total. The molecule has 3 aromatic rings. The number of para-hydroxylation sites is 1. The van der Waals surface area contributed by atoms with Gasteiger partial charge in [-0.1, -0.05) is 55.5 Å². The van der Waals surface area contributed by atoms with Crippen LogP contribution in [0.5, 0.6) is 0 Å². The number of hydrogen-bond donors (Lipinski definition) is 0. The Morgan fingerprint density at radius 1 is 0.957 bits per heavy atom. The molecule has 0 unspecified atom stereocenters. The second-order valence-corrected chi connectivity index (χ2v) is 5.13. The molecule has 0 fully saturated rings. The third-order valence-electron chi connectivity index (χ3n) is 3.66. The molecule has 0 saturated heterocycles. The minimum atomic E-state index is -0.122. The van der Waals surface area contributed by atoms with Gasteiger partial charge >= 0.3 is 0 Å². The van der Waals surface area contributed by atoms with Gasteiger partial charge in [-0.2, -0.15) is 4.68 Å². The molecule has 1 aliphatic carbocycles. The van der Waals surface area contributed by atoms with E-state index in [9.17, 15) is 4.79 Å². The summed E-state index contributed by atoms with van der Waals surface area (Å²) in [4.78, 5) is 11.0. The maximum absolute atomic E-state index is 11.0. The normalized spacial score (nSPS) is 11.8. The molecular weight excluding hydrogens is 286 g/mol. The molecule has 0 bridgehead atoms. The highest BCUT2D eigenvalue weighted by atomic mass is 16.2. The van der Waals surface area contributed by atoms with Crippen molar-refractivity contribution in [3.8, 4) is 0 Å². The van der Waals surface area contributed by atoms with E-state index in [2.05, 4.69) is 34.6 Å². The lowest BCUT2D eigenvalue weighted by Gasteiger charge is -1.93. The molecule has 1 heterocycles. The van der Waals surface area contributed by atoms with Crippen LogP contribution in [0.2, 0.25) is 0 Å². The minimum Gasteiger partial charge on any atom is -0.273 e. The van der Waals surface area contributed by atoms with Crippen LogP contribution in [-0.2, 0) is 12.8 Å². The van der Waals surface area contributed by atoms with Crippen molar-refractivity contribution >= 4 is 16.9 Å². The molecule has 2 aromatic carbocycles. The van der Waals surface area contributed by atoms with Gasteiger partial charge in [-0.25, -0.2) is 0 Å². The number of aryl methyl sites for hydroxylation is 2. The second-order valence-electron chi connectivity index (χ2n) is 5.13. The van der Waals surface area contributed by atoms with Crippen LogP contribution < -0.4 is 0 Å². The highest BCUT2D eigenvalue weighted by molar-refractivity contribution is 5.87. The zero-order valence-electron chi connectivity index (χ0n) is 14.0. The van der Waals surface area contributed by atoms with Crippen molar-refractivity contribution in [2.75, 3.05) is 0 Å². The molecular formula is C19H23N3O. The SMILES string of the molecule is CC.CC(=O)n1nnc2ccccc21.c1ccc2c(c1)CCC2. The fourth-order valence-electron chi connectivity index (χ4n) is 2.62. The van der Waals surface area contributed by atoms with Crippen molar-refractivity contribution in [3.63, 3.8) is 0 Å². The summed E-state index contributed by atoms with van der Waals surface area (Å²) in [5.41, 5.74) is 4.63. The number of aromatic nitrogens is 3. The first-order chi connectivity index (χ1) is 11.3. The first-order valence-electron chi connectivity index (χ1n) is 8.14. The van der Waals surface area contributed by atoms with E-state index in [0.717, 1.165) is 11.0 Å². The van der Waals surface area contributed by atoms with E-state index in [-0.39, 0.29) is 5.91 Å². The van der Waals surface area contributed by atoms with E-state index in [0.29, 0.717) is 0 Å². The molecule has 0 radical (unpaired) electrons. The van der Waals surface area contributed by atoms with Crippen LogP contribution in [0.1, 0.15) is 43.1 Å². The quantitative estimate of drug-likeness (QED) is 0.622. The van der Waals surface area contributed by atoms with Gasteiger partial charge in [0.2, 0.25) is 5.91 Å². The number of nitrogens with zero attached hydrogens (tertiary/aromatic N) is 3. The van der Waals surface area contributed by atoms with Crippen LogP contribution >= 0.6 is 0 Å². The van der Waals surface area contributed by atoms with Crippen molar-refractivity contribution < 1.29 is 4.79 Å². The zero-order valence-corrected chi connectivity index (χ0v) is 14.0. The molecule has 0 atom stereocenters. The Morgan fingerprint density at radius 3 is 2.13 bits per heavy atom. The lowest BCUT2D eigenvalue weighted by molar-refractivity contribution is 0.0924. The smallest absolute Gasteiger partial charge is 0.245 e. The van der Waals surface area contributed by atoms with Crippen molar-refractivity contribution in [1.82, 2.24) is 15.0 Å². The average molecular weight is 309 g/mol. The summed E-state index contributed by atoms with van der Waals surface area (Å²) < 4.78 is 1.29. The molecule has 4 heteroatoms. The monoisotopic (exact) mass is 309 g/mol. The molecule has 0 aliphatic heterocycles. The first kappa shape index (κ1) is 16.9. The van der Waals surface area contributed by atoms with Gasteiger partial charge in [0.05, 0.1) is 5.52 Å². The molecule has 4 nitrogen and oxygen atoms in total. The summed E-state index contributed by atoms with van der Waals surface area (Å²) in [6.07, 6.45) is 3.96. The van der Waals surface area contributed by atoms with Crippen molar-refractivity contribution in [3.05, 3.63) is 59.7 Å². The van der Waals surface area contributed by atoms with Gasteiger partial charge in [-0.3, -0.25) is 4.79 Å². The summed E-state index contributed by atoms with van der Waals surface area (Å²) in [6.45, 7) is 5.46.